The number of rotatable bonds is 1. The van der Waals surface area contributed by atoms with Crippen LogP contribution < -0.4 is 58.2 Å². The van der Waals surface area contributed by atoms with Crippen LogP contribution in [0, 0.1) is 18.8 Å². The van der Waals surface area contributed by atoms with E-state index >= 15 is 0 Å². The first kappa shape index (κ1) is 13.1. The summed E-state index contributed by atoms with van der Waals surface area (Å²) >= 11 is 0. The summed E-state index contributed by atoms with van der Waals surface area (Å²) in [4.78, 5) is 8.09. The molecule has 0 N–H and O–H groups in total. The molecule has 70 valence electrons. The second kappa shape index (κ2) is 5.94. The van der Waals surface area contributed by atoms with Gasteiger partial charge >= 0.3 is 58.2 Å². The summed E-state index contributed by atoms with van der Waals surface area (Å²) in [5.74, 6) is 0.0541. The van der Waals surface area contributed by atoms with E-state index in [1.807, 2.05) is 6.92 Å². The zero-order chi connectivity index (χ0) is 9.97. The molecule has 0 radical (unpaired) electrons. The van der Waals surface area contributed by atoms with Crippen molar-refractivity contribution in [3.63, 3.8) is 0 Å². The number of benzene rings is 1. The Balaban J connectivity index is 0.00000112. The van der Waals surface area contributed by atoms with Crippen LogP contribution in [-0.4, -0.2) is 9.97 Å². The van der Waals surface area contributed by atoms with Gasteiger partial charge in [0.1, 0.15) is 5.82 Å². The molecule has 0 aliphatic heterocycles. The summed E-state index contributed by atoms with van der Waals surface area (Å²) in [7, 11) is 0. The average Bonchev–Trinajstić information content (AvgIpc) is 2.20. The minimum absolute atomic E-state index is 0. The van der Waals surface area contributed by atoms with Crippen molar-refractivity contribution in [3.8, 4) is 11.4 Å². The Bertz CT molecular complexity index is 443. The van der Waals surface area contributed by atoms with Gasteiger partial charge in [-0.1, -0.05) is 5.56 Å². The Kier molecular flexibility index (Phi) is 5.19. The van der Waals surface area contributed by atoms with Gasteiger partial charge in [0.25, 0.3) is 0 Å². The van der Waals surface area contributed by atoms with E-state index in [0.717, 1.165) is 5.56 Å². The second-order valence-electron chi connectivity index (χ2n) is 2.99. The van der Waals surface area contributed by atoms with E-state index in [4.69, 9.17) is 0 Å². The molecule has 0 atom stereocenters. The number of nitrogens with zero attached hydrogens (tertiary/aromatic N) is 2. The molecule has 0 fully saturated rings. The minimum atomic E-state index is -0.351. The molecule has 2 aromatic rings. The standard InChI is InChI=1S/C11H8FN2.Rb/c1-8-6-13-11(14-7-8)9-4-2-3-5-10(9)12;/h2,4-7H,1H3;/q-1;+1. The van der Waals surface area contributed by atoms with E-state index in [0.29, 0.717) is 11.4 Å². The average molecular weight is 273 g/mol. The molecule has 0 bridgehead atoms. The smallest absolute Gasteiger partial charge is 0.284 e. The molecule has 0 aliphatic rings. The van der Waals surface area contributed by atoms with Crippen molar-refractivity contribution in [2.24, 2.45) is 0 Å². The van der Waals surface area contributed by atoms with Gasteiger partial charge in [0, 0.05) is 18.2 Å². The summed E-state index contributed by atoms with van der Waals surface area (Å²) in [6.45, 7) is 1.89. The molecular weight excluding hydrogens is 265 g/mol. The van der Waals surface area contributed by atoms with Crippen molar-refractivity contribution in [2.75, 3.05) is 0 Å². The number of hydrogen-bond acceptors (Lipinski definition) is 2. The van der Waals surface area contributed by atoms with Crippen LogP contribution in [0.1, 0.15) is 5.56 Å². The molecule has 1 heterocycles. The first-order valence-corrected chi connectivity index (χ1v) is 4.22. The number of aromatic nitrogens is 2. The van der Waals surface area contributed by atoms with Crippen LogP contribution in [0.25, 0.3) is 11.4 Å². The van der Waals surface area contributed by atoms with Crippen LogP contribution in [0.4, 0.5) is 4.39 Å². The van der Waals surface area contributed by atoms with Crippen LogP contribution in [-0.2, 0) is 0 Å². The number of aryl methyl sites for hydroxylation is 1. The Morgan fingerprint density at radius 3 is 2.53 bits per heavy atom. The third-order valence-corrected chi connectivity index (χ3v) is 1.84. The molecule has 0 unspecified atom stereocenters. The third-order valence-electron chi connectivity index (χ3n) is 1.84. The minimum Gasteiger partial charge on any atom is -0.284 e. The SMILES string of the molecule is Cc1cnc(-c2cc[c-]cc2F)nc1.[Rb+]. The first-order valence-electron chi connectivity index (χ1n) is 4.22. The molecule has 0 saturated heterocycles. The summed E-state index contributed by atoms with van der Waals surface area (Å²) < 4.78 is 13.3. The molecule has 15 heavy (non-hydrogen) atoms. The van der Waals surface area contributed by atoms with Crippen LogP contribution in [0.3, 0.4) is 0 Å². The van der Waals surface area contributed by atoms with Crippen molar-refractivity contribution in [3.05, 3.63) is 48.0 Å². The van der Waals surface area contributed by atoms with Gasteiger partial charge in [-0.05, 0) is 12.5 Å². The molecule has 1 aromatic heterocycles. The largest absolute Gasteiger partial charge is 1.00 e. The molecule has 0 saturated carbocycles. The van der Waals surface area contributed by atoms with E-state index in [2.05, 4.69) is 16.0 Å². The van der Waals surface area contributed by atoms with Crippen molar-refractivity contribution in [1.82, 2.24) is 9.97 Å². The second-order valence-corrected chi connectivity index (χ2v) is 2.99. The maximum absolute atomic E-state index is 13.3. The van der Waals surface area contributed by atoms with Gasteiger partial charge < -0.3 is 0 Å². The first-order chi connectivity index (χ1) is 6.77. The van der Waals surface area contributed by atoms with Crippen molar-refractivity contribution >= 4 is 0 Å². The Hall–Kier alpha value is 0.0352. The molecule has 2 rings (SSSR count). The zero-order valence-electron chi connectivity index (χ0n) is 8.66. The Morgan fingerprint density at radius 1 is 1.27 bits per heavy atom. The van der Waals surface area contributed by atoms with Gasteiger partial charge in [-0.3, -0.25) is 4.39 Å². The van der Waals surface area contributed by atoms with Gasteiger partial charge in [0.2, 0.25) is 0 Å². The molecule has 0 aliphatic carbocycles. The van der Waals surface area contributed by atoms with Gasteiger partial charge in [-0.15, -0.1) is 6.07 Å². The van der Waals surface area contributed by atoms with Gasteiger partial charge in [-0.2, -0.15) is 18.2 Å². The maximum atomic E-state index is 13.3. The monoisotopic (exact) mass is 272 g/mol. The Labute approximate surface area is 137 Å². The Morgan fingerprint density at radius 2 is 1.93 bits per heavy atom. The van der Waals surface area contributed by atoms with E-state index in [1.165, 1.54) is 6.07 Å². The normalized spacial score (nSPS) is 9.47. The predicted octanol–water partition coefficient (Wildman–Crippen LogP) is -0.605. The van der Waals surface area contributed by atoms with Crippen molar-refractivity contribution in [2.45, 2.75) is 6.92 Å². The fourth-order valence-electron chi connectivity index (χ4n) is 1.12. The van der Waals surface area contributed by atoms with Crippen molar-refractivity contribution < 1.29 is 62.6 Å². The maximum Gasteiger partial charge on any atom is 1.00 e. The fourth-order valence-corrected chi connectivity index (χ4v) is 1.12. The quantitative estimate of drug-likeness (QED) is 0.648. The molecule has 1 aromatic carbocycles. The van der Waals surface area contributed by atoms with Gasteiger partial charge in [0.15, 0.2) is 0 Å². The summed E-state index contributed by atoms with van der Waals surface area (Å²) in [6, 6.07) is 7.18. The van der Waals surface area contributed by atoms with E-state index in [9.17, 15) is 4.39 Å². The van der Waals surface area contributed by atoms with Gasteiger partial charge in [0.05, 0.1) is 0 Å². The molecular formula is C11H8FN2Rb. The van der Waals surface area contributed by atoms with Crippen molar-refractivity contribution in [1.29, 1.82) is 0 Å². The predicted molar refractivity (Wildman–Crippen MR) is 51.0 cm³/mol. The fraction of sp³-hybridized carbons (Fsp3) is 0.0909. The summed E-state index contributed by atoms with van der Waals surface area (Å²) in [5.41, 5.74) is 1.36. The topological polar surface area (TPSA) is 25.8 Å². The molecule has 4 heteroatoms. The third kappa shape index (κ3) is 3.24. The van der Waals surface area contributed by atoms with Crippen LogP contribution in [0.15, 0.2) is 30.6 Å². The van der Waals surface area contributed by atoms with E-state index in [-0.39, 0.29) is 64.0 Å². The van der Waals surface area contributed by atoms with Crippen LogP contribution >= 0.6 is 0 Å². The molecule has 0 spiro atoms. The summed E-state index contributed by atoms with van der Waals surface area (Å²) in [5, 5.41) is 0. The van der Waals surface area contributed by atoms with Crippen LogP contribution in [0.5, 0.6) is 0 Å². The molecule has 2 nitrogen and oxygen atoms in total. The van der Waals surface area contributed by atoms with Crippen LogP contribution in [0.2, 0.25) is 0 Å². The molecule has 0 amide bonds. The zero-order valence-corrected chi connectivity index (χ0v) is 13.6. The van der Waals surface area contributed by atoms with E-state index in [1.54, 1.807) is 24.5 Å². The summed E-state index contributed by atoms with van der Waals surface area (Å²) in [6.07, 6.45) is 3.33. The van der Waals surface area contributed by atoms with E-state index < -0.39 is 0 Å². The number of halogens is 1. The number of hydrogen-bond donors (Lipinski definition) is 0. The van der Waals surface area contributed by atoms with Gasteiger partial charge in [-0.25, -0.2) is 9.97 Å².